The number of unbranched alkanes of at least 4 members (excludes halogenated alkanes) is 1. The molecule has 1 amide bonds. The molecular weight excluding hydrogens is 323 g/mol. The summed E-state index contributed by atoms with van der Waals surface area (Å²) in [6.07, 6.45) is 1.95. The van der Waals surface area contributed by atoms with Crippen molar-refractivity contribution in [2.45, 2.75) is 33.6 Å². The number of rotatable bonds is 8. The van der Waals surface area contributed by atoms with Crippen molar-refractivity contribution in [2.75, 3.05) is 18.5 Å². The third-order valence-corrected chi connectivity index (χ3v) is 3.45. The highest BCUT2D eigenvalue weighted by Gasteiger charge is 2.07. The molecule has 6 nitrogen and oxygen atoms in total. The SMILES string of the molecule is CCCCNC(=O)COc1cc(C)nc(Nc2ccc(F)c(C)c2)n1. The lowest BCUT2D eigenvalue weighted by Gasteiger charge is -2.10. The van der Waals surface area contributed by atoms with E-state index < -0.39 is 0 Å². The van der Waals surface area contributed by atoms with Crippen LogP contribution >= 0.6 is 0 Å². The number of aryl methyl sites for hydroxylation is 2. The molecule has 0 radical (unpaired) electrons. The molecule has 0 bridgehead atoms. The zero-order valence-corrected chi connectivity index (χ0v) is 14.7. The maximum absolute atomic E-state index is 13.3. The Labute approximate surface area is 146 Å². The molecule has 0 aliphatic carbocycles. The Morgan fingerprint density at radius 3 is 2.76 bits per heavy atom. The van der Waals surface area contributed by atoms with Gasteiger partial charge in [0.15, 0.2) is 6.61 Å². The first kappa shape index (κ1) is 18.6. The molecular formula is C18H23FN4O2. The van der Waals surface area contributed by atoms with Gasteiger partial charge in [0.25, 0.3) is 5.91 Å². The zero-order valence-electron chi connectivity index (χ0n) is 14.7. The Morgan fingerprint density at radius 2 is 2.04 bits per heavy atom. The molecule has 25 heavy (non-hydrogen) atoms. The highest BCUT2D eigenvalue weighted by Crippen LogP contribution is 2.19. The first-order valence-electron chi connectivity index (χ1n) is 8.26. The van der Waals surface area contributed by atoms with Crippen LogP contribution < -0.4 is 15.4 Å². The molecule has 0 fully saturated rings. The molecule has 134 valence electrons. The second-order valence-corrected chi connectivity index (χ2v) is 5.75. The predicted molar refractivity (Wildman–Crippen MR) is 94.6 cm³/mol. The minimum absolute atomic E-state index is 0.102. The zero-order chi connectivity index (χ0) is 18.2. The van der Waals surface area contributed by atoms with Crippen molar-refractivity contribution in [1.29, 1.82) is 0 Å². The normalized spacial score (nSPS) is 10.4. The summed E-state index contributed by atoms with van der Waals surface area (Å²) in [4.78, 5) is 20.2. The van der Waals surface area contributed by atoms with E-state index >= 15 is 0 Å². The summed E-state index contributed by atoms with van der Waals surface area (Å²) in [7, 11) is 0. The Hall–Kier alpha value is -2.70. The average Bonchev–Trinajstić information content (AvgIpc) is 2.56. The van der Waals surface area contributed by atoms with Crippen molar-refractivity contribution in [3.8, 4) is 5.88 Å². The second kappa shape index (κ2) is 8.96. The van der Waals surface area contributed by atoms with Gasteiger partial charge in [-0.05, 0) is 44.0 Å². The van der Waals surface area contributed by atoms with E-state index in [0.717, 1.165) is 12.8 Å². The lowest BCUT2D eigenvalue weighted by atomic mass is 10.2. The van der Waals surface area contributed by atoms with Crippen molar-refractivity contribution in [2.24, 2.45) is 0 Å². The molecule has 2 N–H and O–H groups in total. The van der Waals surface area contributed by atoms with Crippen LogP contribution in [-0.4, -0.2) is 29.0 Å². The van der Waals surface area contributed by atoms with Crippen LogP contribution in [0.15, 0.2) is 24.3 Å². The minimum atomic E-state index is -0.270. The lowest BCUT2D eigenvalue weighted by molar-refractivity contribution is -0.123. The van der Waals surface area contributed by atoms with Crippen LogP contribution in [0.5, 0.6) is 5.88 Å². The van der Waals surface area contributed by atoms with Crippen LogP contribution in [0, 0.1) is 19.7 Å². The first-order valence-corrected chi connectivity index (χ1v) is 8.26. The van der Waals surface area contributed by atoms with Crippen molar-refractivity contribution >= 4 is 17.5 Å². The molecule has 0 atom stereocenters. The number of aromatic nitrogens is 2. The van der Waals surface area contributed by atoms with Crippen LogP contribution in [0.2, 0.25) is 0 Å². The standard InChI is InChI=1S/C18H23FN4O2/c1-4-5-8-20-16(24)11-25-17-10-13(3)21-18(23-17)22-14-6-7-15(19)12(2)9-14/h6-7,9-10H,4-5,8,11H2,1-3H3,(H,20,24)(H,21,22,23). The van der Waals surface area contributed by atoms with Gasteiger partial charge in [0.2, 0.25) is 11.8 Å². The molecule has 1 aromatic heterocycles. The van der Waals surface area contributed by atoms with Gasteiger partial charge < -0.3 is 15.4 Å². The summed E-state index contributed by atoms with van der Waals surface area (Å²) < 4.78 is 18.8. The van der Waals surface area contributed by atoms with Crippen LogP contribution in [0.1, 0.15) is 31.0 Å². The predicted octanol–water partition coefficient (Wildman–Crippen LogP) is 3.27. The van der Waals surface area contributed by atoms with Crippen molar-refractivity contribution in [3.05, 3.63) is 41.3 Å². The maximum Gasteiger partial charge on any atom is 0.258 e. The number of benzene rings is 1. The molecule has 0 aliphatic heterocycles. The van der Waals surface area contributed by atoms with Gasteiger partial charge in [-0.3, -0.25) is 4.79 Å². The van der Waals surface area contributed by atoms with Gasteiger partial charge in [-0.1, -0.05) is 13.3 Å². The molecule has 2 aromatic rings. The van der Waals surface area contributed by atoms with E-state index in [-0.39, 0.29) is 18.3 Å². The smallest absolute Gasteiger partial charge is 0.258 e. The molecule has 7 heteroatoms. The van der Waals surface area contributed by atoms with Crippen molar-refractivity contribution in [1.82, 2.24) is 15.3 Å². The Morgan fingerprint density at radius 1 is 1.24 bits per heavy atom. The van der Waals surface area contributed by atoms with Crippen LogP contribution in [0.4, 0.5) is 16.0 Å². The quantitative estimate of drug-likeness (QED) is 0.718. The molecule has 0 unspecified atom stereocenters. The van der Waals surface area contributed by atoms with Crippen molar-refractivity contribution in [3.63, 3.8) is 0 Å². The summed E-state index contributed by atoms with van der Waals surface area (Å²) in [5, 5.41) is 5.79. The summed E-state index contributed by atoms with van der Waals surface area (Å²) in [5.74, 6) is 0.175. The summed E-state index contributed by atoms with van der Waals surface area (Å²) in [5.41, 5.74) is 1.89. The number of amides is 1. The first-order chi connectivity index (χ1) is 12.0. The van der Waals surface area contributed by atoms with Crippen LogP contribution in [-0.2, 0) is 4.79 Å². The van der Waals surface area contributed by atoms with Gasteiger partial charge in [0, 0.05) is 24.0 Å². The average molecular weight is 346 g/mol. The van der Waals surface area contributed by atoms with E-state index in [0.29, 0.717) is 35.3 Å². The summed E-state index contributed by atoms with van der Waals surface area (Å²) >= 11 is 0. The van der Waals surface area contributed by atoms with Crippen LogP contribution in [0.3, 0.4) is 0 Å². The van der Waals surface area contributed by atoms with E-state index in [2.05, 4.69) is 27.5 Å². The molecule has 0 spiro atoms. The monoisotopic (exact) mass is 346 g/mol. The van der Waals surface area contributed by atoms with Gasteiger partial charge >= 0.3 is 0 Å². The largest absolute Gasteiger partial charge is 0.467 e. The fraction of sp³-hybridized carbons (Fsp3) is 0.389. The molecule has 0 saturated heterocycles. The number of anilines is 2. The molecule has 0 aliphatic rings. The van der Waals surface area contributed by atoms with Crippen molar-refractivity contribution < 1.29 is 13.9 Å². The fourth-order valence-corrected chi connectivity index (χ4v) is 2.12. The van der Waals surface area contributed by atoms with E-state index in [9.17, 15) is 9.18 Å². The van der Waals surface area contributed by atoms with E-state index in [4.69, 9.17) is 4.74 Å². The molecule has 0 saturated carbocycles. The number of ether oxygens (including phenoxy) is 1. The molecule has 2 rings (SSSR count). The van der Waals surface area contributed by atoms with E-state index in [1.54, 1.807) is 32.0 Å². The van der Waals surface area contributed by atoms with Crippen LogP contribution in [0.25, 0.3) is 0 Å². The number of nitrogens with zero attached hydrogens (tertiary/aromatic N) is 2. The third-order valence-electron chi connectivity index (χ3n) is 3.45. The molecule has 1 heterocycles. The minimum Gasteiger partial charge on any atom is -0.467 e. The Bertz CT molecular complexity index is 737. The van der Waals surface area contributed by atoms with Gasteiger partial charge in [-0.25, -0.2) is 9.37 Å². The topological polar surface area (TPSA) is 76.1 Å². The number of nitrogens with one attached hydrogen (secondary N) is 2. The van der Waals surface area contributed by atoms with Gasteiger partial charge in [0.1, 0.15) is 5.82 Å². The summed E-state index contributed by atoms with van der Waals surface area (Å²) in [6, 6.07) is 6.31. The second-order valence-electron chi connectivity index (χ2n) is 5.75. The number of hydrogen-bond acceptors (Lipinski definition) is 5. The molecule has 1 aromatic carbocycles. The van der Waals surface area contributed by atoms with E-state index in [1.807, 2.05) is 0 Å². The number of carbonyl (C=O) groups excluding carboxylic acids is 1. The number of halogens is 1. The highest BCUT2D eigenvalue weighted by molar-refractivity contribution is 5.77. The Balaban J connectivity index is 1.99. The van der Waals surface area contributed by atoms with Gasteiger partial charge in [-0.2, -0.15) is 4.98 Å². The fourth-order valence-electron chi connectivity index (χ4n) is 2.12. The van der Waals surface area contributed by atoms with E-state index in [1.165, 1.54) is 6.07 Å². The van der Waals surface area contributed by atoms with Gasteiger partial charge in [-0.15, -0.1) is 0 Å². The lowest BCUT2D eigenvalue weighted by Crippen LogP contribution is -2.29. The Kier molecular flexibility index (Phi) is 6.68. The summed E-state index contributed by atoms with van der Waals surface area (Å²) in [6.45, 7) is 6.08. The highest BCUT2D eigenvalue weighted by atomic mass is 19.1. The number of hydrogen-bond donors (Lipinski definition) is 2. The number of carbonyl (C=O) groups is 1. The maximum atomic E-state index is 13.3. The van der Waals surface area contributed by atoms with Gasteiger partial charge in [0.05, 0.1) is 0 Å². The third kappa shape index (κ3) is 6.02.